The smallest absolute Gasteiger partial charge is 0.258 e. The number of hydrogen-bond donors (Lipinski definition) is 0. The van der Waals surface area contributed by atoms with Crippen LogP contribution < -0.4 is 0 Å². The van der Waals surface area contributed by atoms with Crippen LogP contribution in [0.5, 0.6) is 0 Å². The van der Waals surface area contributed by atoms with Crippen LogP contribution in [0, 0.1) is 5.82 Å². The van der Waals surface area contributed by atoms with Crippen molar-refractivity contribution in [1.29, 1.82) is 0 Å². The van der Waals surface area contributed by atoms with E-state index in [1.165, 1.54) is 6.07 Å². The van der Waals surface area contributed by atoms with E-state index in [1.54, 1.807) is 28.4 Å². The van der Waals surface area contributed by atoms with Crippen LogP contribution in [-0.2, 0) is 6.54 Å². The summed E-state index contributed by atoms with van der Waals surface area (Å²) in [6, 6.07) is 8.84. The van der Waals surface area contributed by atoms with E-state index in [0.717, 1.165) is 17.7 Å². The van der Waals surface area contributed by atoms with E-state index in [0.29, 0.717) is 11.0 Å². The van der Waals surface area contributed by atoms with Crippen molar-refractivity contribution in [3.8, 4) is 0 Å². The van der Waals surface area contributed by atoms with E-state index in [1.807, 2.05) is 17.5 Å². The fourth-order valence-corrected chi connectivity index (χ4v) is 3.38. The summed E-state index contributed by atoms with van der Waals surface area (Å²) in [6.07, 6.45) is 2.01. The Hall–Kier alpha value is -1.20. The van der Waals surface area contributed by atoms with Crippen molar-refractivity contribution in [3.05, 3.63) is 56.4 Å². The molecule has 1 fully saturated rings. The van der Waals surface area contributed by atoms with Crippen LogP contribution in [0.3, 0.4) is 0 Å². The van der Waals surface area contributed by atoms with E-state index in [9.17, 15) is 9.18 Å². The monoisotopic (exact) mass is 353 g/mol. The zero-order valence-electron chi connectivity index (χ0n) is 10.7. The first kappa shape index (κ1) is 13.8. The topological polar surface area (TPSA) is 20.3 Å². The maximum absolute atomic E-state index is 13.9. The maximum atomic E-state index is 13.9. The molecule has 5 heteroatoms. The quantitative estimate of drug-likeness (QED) is 0.794. The molecule has 0 unspecified atom stereocenters. The van der Waals surface area contributed by atoms with Crippen molar-refractivity contribution < 1.29 is 9.18 Å². The van der Waals surface area contributed by atoms with Crippen LogP contribution in [0.15, 0.2) is 40.2 Å². The molecule has 20 heavy (non-hydrogen) atoms. The van der Waals surface area contributed by atoms with Crippen molar-refractivity contribution in [2.45, 2.75) is 25.4 Å². The second kappa shape index (κ2) is 5.66. The number of benzene rings is 1. The Labute approximate surface area is 129 Å². The molecule has 1 aliphatic carbocycles. The second-order valence-electron chi connectivity index (χ2n) is 4.84. The van der Waals surface area contributed by atoms with Gasteiger partial charge in [0.2, 0.25) is 0 Å². The molecule has 2 aromatic rings. The SMILES string of the molecule is O=C(c1c(F)cccc1Br)N(Cc1cccs1)C1CC1. The molecule has 1 aromatic heterocycles. The molecule has 3 rings (SSSR count). The Morgan fingerprint density at radius 1 is 1.35 bits per heavy atom. The minimum atomic E-state index is -0.471. The van der Waals surface area contributed by atoms with Crippen LogP contribution in [0.4, 0.5) is 4.39 Å². The predicted molar refractivity (Wildman–Crippen MR) is 81.3 cm³/mol. The second-order valence-corrected chi connectivity index (χ2v) is 6.73. The molecule has 0 atom stereocenters. The normalized spacial score (nSPS) is 14.3. The fourth-order valence-electron chi connectivity index (χ4n) is 2.17. The van der Waals surface area contributed by atoms with E-state index in [4.69, 9.17) is 0 Å². The summed E-state index contributed by atoms with van der Waals surface area (Å²) in [6.45, 7) is 0.557. The molecule has 0 spiro atoms. The number of nitrogens with zero attached hydrogens (tertiary/aromatic N) is 1. The maximum Gasteiger partial charge on any atom is 0.258 e. The third-order valence-electron chi connectivity index (χ3n) is 3.33. The first-order valence-corrected chi connectivity index (χ1v) is 8.11. The Morgan fingerprint density at radius 3 is 2.75 bits per heavy atom. The van der Waals surface area contributed by atoms with Crippen molar-refractivity contribution in [1.82, 2.24) is 4.90 Å². The molecule has 0 N–H and O–H groups in total. The molecule has 1 aromatic carbocycles. The van der Waals surface area contributed by atoms with Gasteiger partial charge in [0.25, 0.3) is 5.91 Å². The molecule has 1 heterocycles. The van der Waals surface area contributed by atoms with E-state index >= 15 is 0 Å². The van der Waals surface area contributed by atoms with Gasteiger partial charge >= 0.3 is 0 Å². The molecule has 1 saturated carbocycles. The summed E-state index contributed by atoms with van der Waals surface area (Å²) in [5, 5.41) is 1.99. The van der Waals surface area contributed by atoms with Crippen LogP contribution in [0.2, 0.25) is 0 Å². The summed E-state index contributed by atoms with van der Waals surface area (Å²) in [7, 11) is 0. The molecular weight excluding hydrogens is 341 g/mol. The number of carbonyl (C=O) groups is 1. The van der Waals surface area contributed by atoms with Gasteiger partial charge in [0, 0.05) is 15.4 Å². The molecule has 0 aliphatic heterocycles. The fraction of sp³-hybridized carbons (Fsp3) is 0.267. The third kappa shape index (κ3) is 2.79. The van der Waals surface area contributed by atoms with Crippen LogP contribution in [0.25, 0.3) is 0 Å². The summed E-state index contributed by atoms with van der Waals surface area (Å²) < 4.78 is 14.5. The van der Waals surface area contributed by atoms with Gasteiger partial charge in [0.1, 0.15) is 5.82 Å². The average Bonchev–Trinajstić information content (AvgIpc) is 3.12. The van der Waals surface area contributed by atoms with E-state index in [2.05, 4.69) is 15.9 Å². The lowest BCUT2D eigenvalue weighted by Gasteiger charge is -2.22. The number of hydrogen-bond acceptors (Lipinski definition) is 2. The van der Waals surface area contributed by atoms with Crippen molar-refractivity contribution in [2.75, 3.05) is 0 Å². The molecule has 0 saturated heterocycles. The number of thiophene rings is 1. The standard InChI is InChI=1S/C15H13BrFNOS/c16-12-4-1-5-13(17)14(12)15(19)18(10-6-7-10)9-11-3-2-8-20-11/h1-5,8,10H,6-7,9H2. The van der Waals surface area contributed by atoms with Crippen LogP contribution >= 0.6 is 27.3 Å². The molecule has 104 valence electrons. The summed E-state index contributed by atoms with van der Waals surface area (Å²) in [5.41, 5.74) is 0.135. The number of amides is 1. The highest BCUT2D eigenvalue weighted by Crippen LogP contribution is 2.32. The van der Waals surface area contributed by atoms with Crippen molar-refractivity contribution in [2.24, 2.45) is 0 Å². The molecule has 1 aliphatic rings. The van der Waals surface area contributed by atoms with E-state index in [-0.39, 0.29) is 17.5 Å². The van der Waals surface area contributed by atoms with Gasteiger partial charge in [-0.25, -0.2) is 4.39 Å². The Balaban J connectivity index is 1.89. The Bertz CT molecular complexity index is 605. The Kier molecular flexibility index (Phi) is 3.89. The van der Waals surface area contributed by atoms with Crippen molar-refractivity contribution >= 4 is 33.2 Å². The number of rotatable bonds is 4. The first-order chi connectivity index (χ1) is 9.66. The van der Waals surface area contributed by atoms with Gasteiger partial charge in [0.05, 0.1) is 12.1 Å². The van der Waals surface area contributed by atoms with Gasteiger partial charge < -0.3 is 4.90 Å². The molecule has 0 bridgehead atoms. The van der Waals surface area contributed by atoms with Crippen molar-refractivity contribution in [3.63, 3.8) is 0 Å². The zero-order chi connectivity index (χ0) is 14.1. The molecule has 2 nitrogen and oxygen atoms in total. The minimum absolute atomic E-state index is 0.135. The highest BCUT2D eigenvalue weighted by molar-refractivity contribution is 9.10. The molecule has 1 amide bonds. The zero-order valence-corrected chi connectivity index (χ0v) is 13.1. The lowest BCUT2D eigenvalue weighted by molar-refractivity contribution is 0.0726. The lowest BCUT2D eigenvalue weighted by atomic mass is 10.1. The number of carbonyl (C=O) groups excluding carboxylic acids is 1. The average molecular weight is 354 g/mol. The van der Waals surface area contributed by atoms with E-state index < -0.39 is 5.82 Å². The largest absolute Gasteiger partial charge is 0.330 e. The summed E-state index contributed by atoms with van der Waals surface area (Å²) in [5.74, 6) is -0.702. The van der Waals surface area contributed by atoms with Gasteiger partial charge in [-0.1, -0.05) is 12.1 Å². The first-order valence-electron chi connectivity index (χ1n) is 6.44. The summed E-state index contributed by atoms with van der Waals surface area (Å²) in [4.78, 5) is 15.6. The highest BCUT2D eigenvalue weighted by Gasteiger charge is 2.34. The third-order valence-corrected chi connectivity index (χ3v) is 4.85. The van der Waals surface area contributed by atoms with Crippen LogP contribution in [-0.4, -0.2) is 16.8 Å². The summed E-state index contributed by atoms with van der Waals surface area (Å²) >= 11 is 4.90. The highest BCUT2D eigenvalue weighted by atomic mass is 79.9. The van der Waals surface area contributed by atoms with Crippen LogP contribution in [0.1, 0.15) is 28.1 Å². The predicted octanol–water partition coefficient (Wildman–Crippen LogP) is 4.45. The number of halogens is 2. The van der Waals surface area contributed by atoms with Gasteiger partial charge in [-0.2, -0.15) is 0 Å². The van der Waals surface area contributed by atoms with Gasteiger partial charge in [-0.3, -0.25) is 4.79 Å². The van der Waals surface area contributed by atoms with Gasteiger partial charge in [0.15, 0.2) is 0 Å². The van der Waals surface area contributed by atoms with Gasteiger partial charge in [-0.05, 0) is 52.4 Å². The Morgan fingerprint density at radius 2 is 2.15 bits per heavy atom. The molecular formula is C15H13BrFNOS. The lowest BCUT2D eigenvalue weighted by Crippen LogP contribution is -2.33. The van der Waals surface area contributed by atoms with Gasteiger partial charge in [-0.15, -0.1) is 11.3 Å². The molecule has 0 radical (unpaired) electrons. The minimum Gasteiger partial charge on any atom is -0.330 e.